The number of nitrogens with one attached hydrogen (secondary N) is 2. The van der Waals surface area contributed by atoms with Crippen LogP contribution in [0.1, 0.15) is 43.7 Å². The van der Waals surface area contributed by atoms with E-state index in [0.717, 1.165) is 60.1 Å². The molecular weight excluding hydrogens is 328 g/mol. The van der Waals surface area contributed by atoms with Gasteiger partial charge in [-0.15, -0.1) is 0 Å². The van der Waals surface area contributed by atoms with Gasteiger partial charge in [-0.2, -0.15) is 0 Å². The van der Waals surface area contributed by atoms with Gasteiger partial charge in [0.05, 0.1) is 5.41 Å². The van der Waals surface area contributed by atoms with Gasteiger partial charge in [-0.1, -0.05) is 29.3 Å². The topological polar surface area (TPSA) is 41.1 Å². The largest absolute Gasteiger partial charge is 0.325 e. The second kappa shape index (κ2) is 6.93. The van der Waals surface area contributed by atoms with Gasteiger partial charge in [-0.3, -0.25) is 4.79 Å². The highest BCUT2D eigenvalue weighted by atomic mass is 79.9. The summed E-state index contributed by atoms with van der Waals surface area (Å²) in [6.07, 6.45) is 3.88. The number of amides is 1. The quantitative estimate of drug-likeness (QED) is 0.853. The molecule has 4 heteroatoms. The fraction of sp³-hybridized carbons (Fsp3) is 0.588. The molecule has 1 aromatic rings. The van der Waals surface area contributed by atoms with Gasteiger partial charge >= 0.3 is 0 Å². The minimum Gasteiger partial charge on any atom is -0.325 e. The van der Waals surface area contributed by atoms with Crippen LogP contribution in [0.2, 0.25) is 0 Å². The average molecular weight is 353 g/mol. The summed E-state index contributed by atoms with van der Waals surface area (Å²) in [5, 5.41) is 6.57. The highest BCUT2D eigenvalue weighted by molar-refractivity contribution is 9.10. The maximum Gasteiger partial charge on any atom is 0.230 e. The Morgan fingerprint density at radius 3 is 2.38 bits per heavy atom. The Morgan fingerprint density at radius 1 is 1.29 bits per heavy atom. The Kier molecular flexibility index (Phi) is 5.44. The molecule has 1 amide bonds. The first kappa shape index (κ1) is 16.5. The van der Waals surface area contributed by atoms with Crippen LogP contribution in [0.3, 0.4) is 0 Å². The summed E-state index contributed by atoms with van der Waals surface area (Å²) in [5.41, 5.74) is 2.98. The van der Waals surface area contributed by atoms with Gasteiger partial charge in [0.2, 0.25) is 5.91 Å². The van der Waals surface area contributed by atoms with E-state index in [-0.39, 0.29) is 11.3 Å². The smallest absolute Gasteiger partial charge is 0.230 e. The van der Waals surface area contributed by atoms with E-state index in [0.29, 0.717) is 0 Å². The molecule has 21 heavy (non-hydrogen) atoms. The van der Waals surface area contributed by atoms with Crippen LogP contribution in [0, 0.1) is 19.3 Å². The van der Waals surface area contributed by atoms with Gasteiger partial charge in [0.15, 0.2) is 0 Å². The summed E-state index contributed by atoms with van der Waals surface area (Å²) < 4.78 is 1.06. The van der Waals surface area contributed by atoms with E-state index in [1.165, 1.54) is 0 Å². The van der Waals surface area contributed by atoms with Crippen molar-refractivity contribution in [2.45, 2.75) is 46.5 Å². The monoisotopic (exact) mass is 352 g/mol. The number of piperidine rings is 1. The minimum absolute atomic E-state index is 0.194. The van der Waals surface area contributed by atoms with Gasteiger partial charge in [0.25, 0.3) is 0 Å². The van der Waals surface area contributed by atoms with Crippen molar-refractivity contribution in [2.75, 3.05) is 18.4 Å². The van der Waals surface area contributed by atoms with Crippen molar-refractivity contribution in [1.29, 1.82) is 0 Å². The number of anilines is 1. The van der Waals surface area contributed by atoms with Crippen LogP contribution in [0.5, 0.6) is 0 Å². The second-order valence-corrected chi connectivity index (χ2v) is 7.06. The number of carbonyl (C=O) groups excluding carboxylic acids is 1. The zero-order chi connectivity index (χ0) is 15.5. The third-order valence-corrected chi connectivity index (χ3v) is 4.96. The number of halogens is 1. The van der Waals surface area contributed by atoms with Crippen LogP contribution in [-0.2, 0) is 4.79 Å². The third kappa shape index (κ3) is 3.67. The Labute approximate surface area is 136 Å². The van der Waals surface area contributed by atoms with Crippen molar-refractivity contribution in [1.82, 2.24) is 5.32 Å². The number of benzene rings is 1. The molecule has 1 aromatic carbocycles. The Hall–Kier alpha value is -0.870. The van der Waals surface area contributed by atoms with E-state index in [1.54, 1.807) is 0 Å². The molecule has 116 valence electrons. The van der Waals surface area contributed by atoms with Crippen LogP contribution in [-0.4, -0.2) is 19.0 Å². The molecule has 0 saturated carbocycles. The lowest BCUT2D eigenvalue weighted by atomic mass is 9.74. The number of hydrogen-bond acceptors (Lipinski definition) is 2. The van der Waals surface area contributed by atoms with Crippen LogP contribution in [0.15, 0.2) is 16.6 Å². The summed E-state index contributed by atoms with van der Waals surface area (Å²) in [6, 6.07) is 4.11. The molecule has 0 atom stereocenters. The molecule has 0 radical (unpaired) electrons. The predicted octanol–water partition coefficient (Wildman–Crippen LogP) is 4.17. The van der Waals surface area contributed by atoms with Crippen molar-refractivity contribution in [2.24, 2.45) is 5.41 Å². The minimum atomic E-state index is -0.202. The molecule has 1 aliphatic rings. The van der Waals surface area contributed by atoms with Crippen LogP contribution in [0.25, 0.3) is 0 Å². The lowest BCUT2D eigenvalue weighted by Crippen LogP contribution is -2.45. The molecule has 0 bridgehead atoms. The lowest BCUT2D eigenvalue weighted by Gasteiger charge is -2.36. The highest BCUT2D eigenvalue weighted by Crippen LogP contribution is 2.36. The first-order valence-electron chi connectivity index (χ1n) is 7.77. The molecule has 1 aliphatic heterocycles. The fourth-order valence-corrected chi connectivity index (χ4v) is 4.02. The Morgan fingerprint density at radius 2 is 1.86 bits per heavy atom. The van der Waals surface area contributed by atoms with Crippen molar-refractivity contribution in [3.05, 3.63) is 27.7 Å². The summed E-state index contributed by atoms with van der Waals surface area (Å²) >= 11 is 3.50. The van der Waals surface area contributed by atoms with Crippen molar-refractivity contribution in [3.63, 3.8) is 0 Å². The first-order valence-corrected chi connectivity index (χ1v) is 8.57. The zero-order valence-corrected chi connectivity index (χ0v) is 14.8. The van der Waals surface area contributed by atoms with Crippen LogP contribution >= 0.6 is 15.9 Å². The van der Waals surface area contributed by atoms with Gasteiger partial charge < -0.3 is 10.6 Å². The number of hydrogen-bond donors (Lipinski definition) is 2. The second-order valence-electron chi connectivity index (χ2n) is 6.15. The van der Waals surface area contributed by atoms with E-state index in [2.05, 4.69) is 45.6 Å². The third-order valence-electron chi connectivity index (χ3n) is 4.51. The maximum absolute atomic E-state index is 12.9. The van der Waals surface area contributed by atoms with Crippen LogP contribution in [0.4, 0.5) is 5.69 Å². The molecule has 0 aliphatic carbocycles. The first-order chi connectivity index (χ1) is 9.98. The van der Waals surface area contributed by atoms with Gasteiger partial charge in [-0.05, 0) is 69.5 Å². The Bertz CT molecular complexity index is 493. The fourth-order valence-electron chi connectivity index (χ4n) is 3.33. The summed E-state index contributed by atoms with van der Waals surface area (Å²) in [6.45, 7) is 8.12. The van der Waals surface area contributed by atoms with Crippen molar-refractivity contribution >= 4 is 27.5 Å². The summed E-state index contributed by atoms with van der Waals surface area (Å²) in [7, 11) is 0. The molecule has 0 aromatic heterocycles. The van der Waals surface area contributed by atoms with Gasteiger partial charge in [0.1, 0.15) is 0 Å². The van der Waals surface area contributed by atoms with E-state index < -0.39 is 0 Å². The SMILES string of the molecule is CCCC1(C(=O)Nc2c(C)cc(Br)cc2C)CCNCC1. The number of rotatable bonds is 4. The lowest BCUT2D eigenvalue weighted by molar-refractivity contribution is -0.127. The maximum atomic E-state index is 12.9. The normalized spacial score (nSPS) is 17.5. The van der Waals surface area contributed by atoms with E-state index in [4.69, 9.17) is 0 Å². The van der Waals surface area contributed by atoms with E-state index in [1.807, 2.05) is 13.8 Å². The molecule has 2 rings (SSSR count). The molecule has 0 unspecified atom stereocenters. The number of aryl methyl sites for hydroxylation is 2. The van der Waals surface area contributed by atoms with Gasteiger partial charge in [-0.25, -0.2) is 0 Å². The standard InChI is InChI=1S/C17H25BrN2O/c1-4-5-17(6-8-19-9-7-17)16(21)20-15-12(2)10-14(18)11-13(15)3/h10-11,19H,4-9H2,1-3H3,(H,20,21). The van der Waals surface area contributed by atoms with Crippen molar-refractivity contribution < 1.29 is 4.79 Å². The zero-order valence-electron chi connectivity index (χ0n) is 13.2. The molecule has 1 heterocycles. The predicted molar refractivity (Wildman–Crippen MR) is 91.7 cm³/mol. The highest BCUT2D eigenvalue weighted by Gasteiger charge is 2.38. The Balaban J connectivity index is 2.23. The molecular formula is C17H25BrN2O. The molecule has 3 nitrogen and oxygen atoms in total. The van der Waals surface area contributed by atoms with E-state index >= 15 is 0 Å². The molecule has 2 N–H and O–H groups in total. The molecule has 1 saturated heterocycles. The van der Waals surface area contributed by atoms with Crippen LogP contribution < -0.4 is 10.6 Å². The van der Waals surface area contributed by atoms with E-state index in [9.17, 15) is 4.79 Å². The summed E-state index contributed by atoms with van der Waals surface area (Å²) in [4.78, 5) is 12.9. The molecule has 1 fully saturated rings. The van der Waals surface area contributed by atoms with Crippen molar-refractivity contribution in [3.8, 4) is 0 Å². The number of carbonyl (C=O) groups is 1. The van der Waals surface area contributed by atoms with Gasteiger partial charge in [0, 0.05) is 10.2 Å². The summed E-state index contributed by atoms with van der Waals surface area (Å²) in [5.74, 6) is 0.194. The molecule has 0 spiro atoms. The average Bonchev–Trinajstić information content (AvgIpc) is 2.44.